The molecule has 0 unspecified atom stereocenters. The average molecular weight is 298 g/mol. The van der Waals surface area contributed by atoms with Crippen molar-refractivity contribution in [3.63, 3.8) is 0 Å². The fraction of sp³-hybridized carbons (Fsp3) is 0.833. The molecule has 0 radical (unpaired) electrons. The molecule has 0 aliphatic heterocycles. The van der Waals surface area contributed by atoms with Crippen LogP contribution in [0.15, 0.2) is 12.2 Å². The van der Waals surface area contributed by atoms with E-state index in [4.69, 9.17) is 5.11 Å². The van der Waals surface area contributed by atoms with E-state index in [1.165, 1.54) is 38.5 Å². The number of carbonyl (C=O) groups is 1. The van der Waals surface area contributed by atoms with Gasteiger partial charge in [-0.25, -0.2) is 0 Å². The highest BCUT2D eigenvalue weighted by molar-refractivity contribution is 5.66. The van der Waals surface area contributed by atoms with Crippen LogP contribution < -0.4 is 0 Å². The van der Waals surface area contributed by atoms with Crippen molar-refractivity contribution in [3.05, 3.63) is 12.2 Å². The van der Waals surface area contributed by atoms with Crippen molar-refractivity contribution in [1.29, 1.82) is 0 Å². The molecule has 0 saturated heterocycles. The van der Waals surface area contributed by atoms with Gasteiger partial charge in [-0.2, -0.15) is 0 Å². The minimum absolute atomic E-state index is 0.276. The van der Waals surface area contributed by atoms with Crippen LogP contribution in [0, 0.1) is 0 Å². The number of aliphatic hydroxyl groups excluding tert-OH is 1. The predicted molar refractivity (Wildman–Crippen MR) is 88.5 cm³/mol. The number of carboxylic acid groups (broad SMARTS) is 1. The summed E-state index contributed by atoms with van der Waals surface area (Å²) in [6, 6.07) is 0. The maximum absolute atomic E-state index is 10.3. The van der Waals surface area contributed by atoms with E-state index < -0.39 is 5.97 Å². The van der Waals surface area contributed by atoms with Crippen LogP contribution in [-0.4, -0.2) is 22.3 Å². The second-order valence-electron chi connectivity index (χ2n) is 5.90. The Bertz CT molecular complexity index is 261. The zero-order chi connectivity index (χ0) is 15.8. The van der Waals surface area contributed by atoms with Crippen molar-refractivity contribution in [2.24, 2.45) is 0 Å². The number of aliphatic hydroxyl groups is 1. The van der Waals surface area contributed by atoms with E-state index in [0.717, 1.165) is 38.5 Å². The molecule has 124 valence electrons. The Hall–Kier alpha value is -0.830. The van der Waals surface area contributed by atoms with Gasteiger partial charge in [0.25, 0.3) is 0 Å². The zero-order valence-electron chi connectivity index (χ0n) is 13.7. The predicted octanol–water partition coefficient (Wildman–Crippen LogP) is 5.08. The fourth-order valence-corrected chi connectivity index (χ4v) is 2.38. The molecule has 0 aromatic heterocycles. The van der Waals surface area contributed by atoms with Gasteiger partial charge in [0.15, 0.2) is 0 Å². The van der Waals surface area contributed by atoms with Crippen molar-refractivity contribution < 1.29 is 15.0 Å². The number of carboxylic acids is 1. The molecule has 0 saturated carbocycles. The largest absolute Gasteiger partial charge is 0.481 e. The van der Waals surface area contributed by atoms with Gasteiger partial charge in [0.1, 0.15) is 0 Å². The van der Waals surface area contributed by atoms with Gasteiger partial charge in [-0.3, -0.25) is 4.79 Å². The van der Waals surface area contributed by atoms with Crippen molar-refractivity contribution in [3.8, 4) is 0 Å². The zero-order valence-corrected chi connectivity index (χ0v) is 13.7. The van der Waals surface area contributed by atoms with E-state index in [0.29, 0.717) is 6.42 Å². The van der Waals surface area contributed by atoms with Gasteiger partial charge in [0.05, 0.1) is 6.10 Å². The molecule has 0 bridgehead atoms. The van der Waals surface area contributed by atoms with Crippen molar-refractivity contribution in [2.75, 3.05) is 0 Å². The minimum atomic E-state index is -0.688. The minimum Gasteiger partial charge on any atom is -0.481 e. The molecule has 0 aliphatic rings. The lowest BCUT2D eigenvalue weighted by molar-refractivity contribution is -0.137. The van der Waals surface area contributed by atoms with Crippen molar-refractivity contribution >= 4 is 5.97 Å². The number of hydrogen-bond donors (Lipinski definition) is 2. The fourth-order valence-electron chi connectivity index (χ4n) is 2.38. The van der Waals surface area contributed by atoms with Crippen LogP contribution >= 0.6 is 0 Å². The topological polar surface area (TPSA) is 57.5 Å². The van der Waals surface area contributed by atoms with E-state index in [1.54, 1.807) is 0 Å². The number of hydrogen-bond acceptors (Lipinski definition) is 2. The van der Waals surface area contributed by atoms with Crippen molar-refractivity contribution in [1.82, 2.24) is 0 Å². The standard InChI is InChI=1S/C18H34O3/c1-2-3-4-8-11-14-17(19)15-12-9-6-5-7-10-13-16-18(20)21/h11,14,17,19H,2-10,12-13,15-16H2,1H3,(H,20,21)/b14-11+/t17-/m0/s1. The molecule has 1 atom stereocenters. The molecule has 0 heterocycles. The summed E-state index contributed by atoms with van der Waals surface area (Å²) < 4.78 is 0. The van der Waals surface area contributed by atoms with Crippen LogP contribution in [0.3, 0.4) is 0 Å². The summed E-state index contributed by atoms with van der Waals surface area (Å²) >= 11 is 0. The molecular weight excluding hydrogens is 264 g/mol. The van der Waals surface area contributed by atoms with Crippen molar-refractivity contribution in [2.45, 2.75) is 96.5 Å². The lowest BCUT2D eigenvalue weighted by atomic mass is 10.0. The number of unbranched alkanes of at least 4 members (excludes halogenated alkanes) is 9. The first kappa shape index (κ1) is 20.2. The van der Waals surface area contributed by atoms with E-state index in [1.807, 2.05) is 6.08 Å². The molecule has 0 aromatic carbocycles. The quantitative estimate of drug-likeness (QED) is 0.327. The van der Waals surface area contributed by atoms with Crippen LogP contribution in [0.2, 0.25) is 0 Å². The molecule has 0 rings (SSSR count). The number of rotatable bonds is 15. The Morgan fingerprint density at radius 2 is 1.57 bits per heavy atom. The molecule has 21 heavy (non-hydrogen) atoms. The monoisotopic (exact) mass is 298 g/mol. The van der Waals surface area contributed by atoms with E-state index in [-0.39, 0.29) is 6.10 Å². The van der Waals surface area contributed by atoms with Gasteiger partial charge in [-0.1, -0.05) is 70.4 Å². The van der Waals surface area contributed by atoms with E-state index >= 15 is 0 Å². The Balaban J connectivity index is 3.24. The lowest BCUT2D eigenvalue weighted by Gasteiger charge is -2.05. The maximum atomic E-state index is 10.3. The SMILES string of the molecule is CCCCC/C=C/[C@H](O)CCCCCCCCCC(=O)O. The summed E-state index contributed by atoms with van der Waals surface area (Å²) in [4.78, 5) is 10.3. The third-order valence-electron chi connectivity index (χ3n) is 3.72. The number of aliphatic carboxylic acids is 1. The Kier molecular flexibility index (Phi) is 14.9. The molecule has 0 fully saturated rings. The first-order chi connectivity index (χ1) is 10.2. The summed E-state index contributed by atoms with van der Waals surface area (Å²) in [6.07, 6.45) is 17.4. The van der Waals surface area contributed by atoms with Gasteiger partial charge in [-0.15, -0.1) is 0 Å². The Labute approximate surface area is 130 Å². The first-order valence-corrected chi connectivity index (χ1v) is 8.73. The third-order valence-corrected chi connectivity index (χ3v) is 3.72. The molecule has 2 N–H and O–H groups in total. The molecule has 3 nitrogen and oxygen atoms in total. The molecule has 0 aromatic rings. The van der Waals surface area contributed by atoms with Gasteiger partial charge in [-0.05, 0) is 25.7 Å². The van der Waals surface area contributed by atoms with Crippen LogP contribution in [0.25, 0.3) is 0 Å². The molecule has 0 aliphatic carbocycles. The number of allylic oxidation sites excluding steroid dienone is 1. The normalized spacial score (nSPS) is 12.9. The summed E-state index contributed by atoms with van der Waals surface area (Å²) in [5.74, 6) is -0.688. The highest BCUT2D eigenvalue weighted by Crippen LogP contribution is 2.11. The smallest absolute Gasteiger partial charge is 0.303 e. The Morgan fingerprint density at radius 1 is 0.952 bits per heavy atom. The van der Waals surface area contributed by atoms with Crippen LogP contribution in [0.4, 0.5) is 0 Å². The van der Waals surface area contributed by atoms with Gasteiger partial charge in [0, 0.05) is 6.42 Å². The maximum Gasteiger partial charge on any atom is 0.303 e. The van der Waals surface area contributed by atoms with E-state index in [9.17, 15) is 9.90 Å². The van der Waals surface area contributed by atoms with Crippen LogP contribution in [0.1, 0.15) is 90.4 Å². The lowest BCUT2D eigenvalue weighted by Crippen LogP contribution is -2.01. The second kappa shape index (κ2) is 15.6. The summed E-state index contributed by atoms with van der Waals surface area (Å²) in [5, 5.41) is 18.3. The highest BCUT2D eigenvalue weighted by atomic mass is 16.4. The average Bonchev–Trinajstić information content (AvgIpc) is 2.45. The van der Waals surface area contributed by atoms with Gasteiger partial charge in [0.2, 0.25) is 0 Å². The second-order valence-corrected chi connectivity index (χ2v) is 5.90. The molecule has 0 spiro atoms. The Morgan fingerprint density at radius 3 is 2.19 bits per heavy atom. The van der Waals surface area contributed by atoms with Crippen LogP contribution in [-0.2, 0) is 4.79 Å². The molecule has 0 amide bonds. The summed E-state index contributed by atoms with van der Waals surface area (Å²) in [7, 11) is 0. The third kappa shape index (κ3) is 17.1. The highest BCUT2D eigenvalue weighted by Gasteiger charge is 1.99. The summed E-state index contributed by atoms with van der Waals surface area (Å²) in [5.41, 5.74) is 0. The molecular formula is C18H34O3. The van der Waals surface area contributed by atoms with Gasteiger partial charge < -0.3 is 10.2 Å². The van der Waals surface area contributed by atoms with Gasteiger partial charge >= 0.3 is 5.97 Å². The van der Waals surface area contributed by atoms with E-state index in [2.05, 4.69) is 13.0 Å². The first-order valence-electron chi connectivity index (χ1n) is 8.73. The van der Waals surface area contributed by atoms with Crippen LogP contribution in [0.5, 0.6) is 0 Å². The molecule has 3 heteroatoms. The summed E-state index contributed by atoms with van der Waals surface area (Å²) in [6.45, 7) is 2.20.